The molecule has 0 atom stereocenters. The number of para-hydroxylation sites is 1. The van der Waals surface area contributed by atoms with E-state index in [4.69, 9.17) is 5.26 Å². The van der Waals surface area contributed by atoms with E-state index in [-0.39, 0.29) is 30.2 Å². The van der Waals surface area contributed by atoms with E-state index in [1.807, 2.05) is 45.9 Å². The van der Waals surface area contributed by atoms with Crippen LogP contribution in [0, 0.1) is 16.7 Å². The topological polar surface area (TPSA) is 82.0 Å². The van der Waals surface area contributed by atoms with Crippen molar-refractivity contribution in [2.75, 3.05) is 5.32 Å². The van der Waals surface area contributed by atoms with Crippen LogP contribution in [0.4, 0.5) is 5.69 Å². The Morgan fingerprint density at radius 1 is 1.26 bits per heavy atom. The van der Waals surface area contributed by atoms with Gasteiger partial charge in [-0.3, -0.25) is 9.59 Å². The van der Waals surface area contributed by atoms with Gasteiger partial charge in [0.2, 0.25) is 11.8 Å². The van der Waals surface area contributed by atoms with Crippen LogP contribution in [0.1, 0.15) is 39.7 Å². The lowest BCUT2D eigenvalue weighted by molar-refractivity contribution is -0.120. The van der Waals surface area contributed by atoms with Crippen LogP contribution < -0.4 is 10.6 Å². The fraction of sp³-hybridized carbons (Fsp3) is 0.389. The van der Waals surface area contributed by atoms with E-state index in [0.717, 1.165) is 11.1 Å². The molecule has 122 valence electrons. The van der Waals surface area contributed by atoms with Gasteiger partial charge in [-0.05, 0) is 24.0 Å². The summed E-state index contributed by atoms with van der Waals surface area (Å²) in [6.45, 7) is 8.33. The maximum Gasteiger partial charge on any atom is 0.248 e. The zero-order valence-corrected chi connectivity index (χ0v) is 14.1. The summed E-state index contributed by atoms with van der Waals surface area (Å²) in [5, 5.41) is 14.0. The Balaban J connectivity index is 2.80. The van der Waals surface area contributed by atoms with Crippen molar-refractivity contribution in [2.45, 2.75) is 40.7 Å². The fourth-order valence-electron chi connectivity index (χ4n) is 1.71. The average molecular weight is 313 g/mol. The van der Waals surface area contributed by atoms with Crippen LogP contribution in [0.25, 0.3) is 0 Å². The van der Waals surface area contributed by atoms with Gasteiger partial charge in [0.25, 0.3) is 0 Å². The number of nitrogens with zero attached hydrogens (tertiary/aromatic N) is 1. The van der Waals surface area contributed by atoms with Gasteiger partial charge in [-0.25, -0.2) is 0 Å². The van der Waals surface area contributed by atoms with Crippen LogP contribution in [0.3, 0.4) is 0 Å². The van der Waals surface area contributed by atoms with Crippen molar-refractivity contribution < 1.29 is 9.59 Å². The van der Waals surface area contributed by atoms with Gasteiger partial charge in [-0.2, -0.15) is 5.26 Å². The second-order valence-electron chi connectivity index (χ2n) is 6.34. The molecule has 0 aliphatic rings. The smallest absolute Gasteiger partial charge is 0.248 e. The van der Waals surface area contributed by atoms with Gasteiger partial charge in [0, 0.05) is 18.3 Å². The third-order valence-electron chi connectivity index (χ3n) is 3.52. The second kappa shape index (κ2) is 8.14. The van der Waals surface area contributed by atoms with Gasteiger partial charge < -0.3 is 10.6 Å². The Kier molecular flexibility index (Phi) is 6.52. The van der Waals surface area contributed by atoms with Crippen LogP contribution >= 0.6 is 0 Å². The average Bonchev–Trinajstić information content (AvgIpc) is 2.45. The summed E-state index contributed by atoms with van der Waals surface area (Å²) < 4.78 is 0. The van der Waals surface area contributed by atoms with E-state index in [1.54, 1.807) is 18.2 Å². The Morgan fingerprint density at radius 3 is 2.52 bits per heavy atom. The van der Waals surface area contributed by atoms with E-state index < -0.39 is 0 Å². The highest BCUT2D eigenvalue weighted by molar-refractivity contribution is 6.00. The van der Waals surface area contributed by atoms with E-state index in [2.05, 4.69) is 10.6 Å². The lowest BCUT2D eigenvalue weighted by atomic mass is 9.87. The zero-order chi connectivity index (χ0) is 17.5. The zero-order valence-electron chi connectivity index (χ0n) is 14.1. The number of nitriles is 1. The molecule has 5 heteroatoms. The molecule has 0 fully saturated rings. The third-order valence-corrected chi connectivity index (χ3v) is 3.52. The lowest BCUT2D eigenvalue weighted by Crippen LogP contribution is -2.23. The molecule has 0 aliphatic carbocycles. The first-order valence-corrected chi connectivity index (χ1v) is 7.45. The highest BCUT2D eigenvalue weighted by atomic mass is 16.2. The first-order valence-electron chi connectivity index (χ1n) is 7.45. The Morgan fingerprint density at radius 2 is 1.91 bits per heavy atom. The van der Waals surface area contributed by atoms with Crippen molar-refractivity contribution >= 4 is 17.5 Å². The van der Waals surface area contributed by atoms with Crippen LogP contribution in [-0.4, -0.2) is 11.8 Å². The molecule has 0 spiro atoms. The maximum atomic E-state index is 12.1. The van der Waals surface area contributed by atoms with Crippen molar-refractivity contribution in [1.82, 2.24) is 5.32 Å². The molecule has 1 rings (SSSR count). The molecular formula is C18H23N3O2. The van der Waals surface area contributed by atoms with Crippen molar-refractivity contribution in [1.29, 1.82) is 5.26 Å². The number of nitrogens with one attached hydrogen (secondary N) is 2. The van der Waals surface area contributed by atoms with Gasteiger partial charge in [0.15, 0.2) is 0 Å². The van der Waals surface area contributed by atoms with Gasteiger partial charge in [-0.15, -0.1) is 0 Å². The number of amides is 2. The normalized spacial score (nSPS) is 11.5. The molecule has 23 heavy (non-hydrogen) atoms. The Bertz CT molecular complexity index is 649. The molecule has 0 saturated heterocycles. The van der Waals surface area contributed by atoms with Gasteiger partial charge >= 0.3 is 0 Å². The lowest BCUT2D eigenvalue weighted by Gasteiger charge is -2.19. The number of rotatable bonds is 5. The molecule has 1 aromatic carbocycles. The van der Waals surface area contributed by atoms with Gasteiger partial charge in [0.1, 0.15) is 6.42 Å². The second-order valence-corrected chi connectivity index (χ2v) is 6.34. The quantitative estimate of drug-likeness (QED) is 0.819. The van der Waals surface area contributed by atoms with E-state index in [0.29, 0.717) is 5.69 Å². The summed E-state index contributed by atoms with van der Waals surface area (Å²) in [5.74, 6) is -0.537. The summed E-state index contributed by atoms with van der Waals surface area (Å²) in [5.41, 5.74) is 2.35. The minimum absolute atomic E-state index is 0.0673. The summed E-state index contributed by atoms with van der Waals surface area (Å²) in [7, 11) is 0. The first kappa shape index (κ1) is 18.4. The van der Waals surface area contributed by atoms with Gasteiger partial charge in [-0.1, -0.05) is 44.5 Å². The van der Waals surface area contributed by atoms with Crippen LogP contribution in [0.5, 0.6) is 0 Å². The van der Waals surface area contributed by atoms with Crippen LogP contribution in [0.15, 0.2) is 35.9 Å². The van der Waals surface area contributed by atoms with Crippen molar-refractivity contribution in [2.24, 2.45) is 5.41 Å². The van der Waals surface area contributed by atoms with Crippen molar-refractivity contribution in [3.05, 3.63) is 41.5 Å². The van der Waals surface area contributed by atoms with E-state index in [9.17, 15) is 9.59 Å². The molecule has 0 bridgehead atoms. The Labute approximate surface area is 137 Å². The maximum absolute atomic E-state index is 12.1. The number of hydrogen-bond donors (Lipinski definition) is 2. The van der Waals surface area contributed by atoms with Crippen molar-refractivity contribution in [3.63, 3.8) is 0 Å². The predicted octanol–water partition coefficient (Wildman–Crippen LogP) is 3.15. The molecule has 2 amide bonds. The minimum atomic E-state index is -0.336. The summed E-state index contributed by atoms with van der Waals surface area (Å²) in [6, 6.07) is 9.05. The fourth-order valence-corrected chi connectivity index (χ4v) is 1.71. The molecule has 0 unspecified atom stereocenters. The minimum Gasteiger partial charge on any atom is -0.351 e. The molecule has 1 aromatic rings. The number of carbonyl (C=O) groups excluding carboxylic acids is 2. The van der Waals surface area contributed by atoms with Crippen molar-refractivity contribution in [3.8, 4) is 6.07 Å². The van der Waals surface area contributed by atoms with Crippen LogP contribution in [0.2, 0.25) is 0 Å². The standard InChI is InChI=1S/C18H23N3O2/c1-13(18(2,3)4)11-17(23)21-15-8-6-5-7-14(15)12-20-16(22)9-10-19/h5-8,11H,9,12H2,1-4H3,(H,20,22)(H,21,23)/b13-11+. The Hall–Kier alpha value is -2.61. The third kappa shape index (κ3) is 6.35. The highest BCUT2D eigenvalue weighted by Gasteiger charge is 2.14. The molecule has 0 saturated carbocycles. The number of benzene rings is 1. The number of hydrogen-bond acceptors (Lipinski definition) is 3. The predicted molar refractivity (Wildman–Crippen MR) is 90.4 cm³/mol. The summed E-state index contributed by atoms with van der Waals surface area (Å²) >= 11 is 0. The number of carbonyl (C=O) groups is 2. The molecule has 2 N–H and O–H groups in total. The van der Waals surface area contributed by atoms with Crippen LogP contribution in [-0.2, 0) is 16.1 Å². The van der Waals surface area contributed by atoms with Gasteiger partial charge in [0.05, 0.1) is 6.07 Å². The molecule has 0 aliphatic heterocycles. The molecular weight excluding hydrogens is 290 g/mol. The van der Waals surface area contributed by atoms with E-state index in [1.165, 1.54) is 0 Å². The molecule has 0 radical (unpaired) electrons. The first-order chi connectivity index (χ1) is 10.7. The van der Waals surface area contributed by atoms with E-state index >= 15 is 0 Å². The molecule has 0 heterocycles. The SMILES string of the molecule is C/C(=C\C(=O)Nc1ccccc1CNC(=O)CC#N)C(C)(C)C. The number of allylic oxidation sites excluding steroid dienone is 1. The monoisotopic (exact) mass is 313 g/mol. The highest BCUT2D eigenvalue weighted by Crippen LogP contribution is 2.24. The summed E-state index contributed by atoms with van der Waals surface area (Å²) in [4.78, 5) is 23.5. The molecule has 0 aromatic heterocycles. The number of anilines is 1. The summed E-state index contributed by atoms with van der Waals surface area (Å²) in [6.07, 6.45) is 1.41. The largest absolute Gasteiger partial charge is 0.351 e. The molecule has 5 nitrogen and oxygen atoms in total.